The van der Waals surface area contributed by atoms with Crippen LogP contribution in [-0.2, 0) is 27.4 Å². The fourth-order valence-corrected chi connectivity index (χ4v) is 3.20. The number of nitrogens with zero attached hydrogens (tertiary/aromatic N) is 2. The highest BCUT2D eigenvalue weighted by Gasteiger charge is 2.17. The summed E-state index contributed by atoms with van der Waals surface area (Å²) in [6.07, 6.45) is 2.22. The molecule has 162 valence electrons. The van der Waals surface area contributed by atoms with Crippen molar-refractivity contribution in [2.24, 2.45) is 4.99 Å². The third-order valence-corrected chi connectivity index (χ3v) is 4.56. The molecule has 1 aromatic carbocycles. The van der Waals surface area contributed by atoms with Gasteiger partial charge in [0.25, 0.3) is 0 Å². The van der Waals surface area contributed by atoms with E-state index in [0.717, 1.165) is 37.2 Å². The summed E-state index contributed by atoms with van der Waals surface area (Å²) < 4.78 is 11.4. The van der Waals surface area contributed by atoms with Crippen molar-refractivity contribution in [2.75, 3.05) is 33.9 Å². The first-order valence-corrected chi connectivity index (χ1v) is 10.3. The first kappa shape index (κ1) is 23.2. The lowest BCUT2D eigenvalue weighted by Crippen LogP contribution is -2.48. The number of amides is 1. The summed E-state index contributed by atoms with van der Waals surface area (Å²) >= 11 is 0. The van der Waals surface area contributed by atoms with Gasteiger partial charge in [0.1, 0.15) is 0 Å². The van der Waals surface area contributed by atoms with Crippen molar-refractivity contribution < 1.29 is 14.3 Å². The second-order valence-corrected chi connectivity index (χ2v) is 8.50. The van der Waals surface area contributed by atoms with E-state index < -0.39 is 0 Å². The largest absolute Gasteiger partial charge is 0.381 e. The van der Waals surface area contributed by atoms with Crippen molar-refractivity contribution in [1.29, 1.82) is 0 Å². The van der Waals surface area contributed by atoms with Crippen LogP contribution in [0.4, 0.5) is 0 Å². The van der Waals surface area contributed by atoms with Crippen LogP contribution in [0, 0.1) is 0 Å². The Balaban J connectivity index is 1.83. The van der Waals surface area contributed by atoms with Crippen LogP contribution in [0.2, 0.25) is 0 Å². The monoisotopic (exact) mass is 404 g/mol. The summed E-state index contributed by atoms with van der Waals surface area (Å²) in [6, 6.07) is 8.35. The van der Waals surface area contributed by atoms with Crippen LogP contribution in [-0.4, -0.2) is 62.3 Å². The van der Waals surface area contributed by atoms with Gasteiger partial charge in [-0.25, -0.2) is 0 Å². The molecule has 0 aliphatic carbocycles. The van der Waals surface area contributed by atoms with Crippen molar-refractivity contribution in [3.05, 3.63) is 35.4 Å². The molecule has 7 heteroatoms. The lowest BCUT2D eigenvalue weighted by Gasteiger charge is -2.25. The molecule has 1 fully saturated rings. The number of benzene rings is 1. The molecule has 0 unspecified atom stereocenters. The predicted molar refractivity (Wildman–Crippen MR) is 116 cm³/mol. The predicted octanol–water partition coefficient (Wildman–Crippen LogP) is 2.30. The van der Waals surface area contributed by atoms with E-state index in [9.17, 15) is 4.79 Å². The Hall–Kier alpha value is -2.12. The molecular formula is C22H36N4O3. The maximum atomic E-state index is 12.2. The van der Waals surface area contributed by atoms with E-state index in [4.69, 9.17) is 9.47 Å². The minimum Gasteiger partial charge on any atom is -0.381 e. The summed E-state index contributed by atoms with van der Waals surface area (Å²) in [4.78, 5) is 18.3. The van der Waals surface area contributed by atoms with Gasteiger partial charge in [0.05, 0.1) is 19.3 Å². The smallest absolute Gasteiger partial charge is 0.240 e. The molecule has 0 aromatic heterocycles. The minimum atomic E-state index is -0.248. The second kappa shape index (κ2) is 11.2. The molecule has 2 N–H and O–H groups in total. The first-order valence-electron chi connectivity index (χ1n) is 10.3. The number of hydrogen-bond donors (Lipinski definition) is 2. The zero-order valence-electron chi connectivity index (χ0n) is 18.5. The van der Waals surface area contributed by atoms with Gasteiger partial charge in [0.15, 0.2) is 5.96 Å². The molecule has 1 amide bonds. The average molecular weight is 405 g/mol. The molecule has 1 aromatic rings. The van der Waals surface area contributed by atoms with E-state index in [1.165, 1.54) is 0 Å². The molecule has 0 bridgehead atoms. The van der Waals surface area contributed by atoms with E-state index in [1.807, 2.05) is 38.8 Å². The van der Waals surface area contributed by atoms with Gasteiger partial charge in [-0.05, 0) is 44.7 Å². The molecule has 0 atom stereocenters. The van der Waals surface area contributed by atoms with Gasteiger partial charge in [-0.3, -0.25) is 9.79 Å². The third kappa shape index (κ3) is 8.83. The van der Waals surface area contributed by atoms with Crippen LogP contribution in [0.1, 0.15) is 44.7 Å². The molecule has 1 aliphatic heterocycles. The minimum absolute atomic E-state index is 0.0322. The van der Waals surface area contributed by atoms with Crippen LogP contribution >= 0.6 is 0 Å². The zero-order valence-corrected chi connectivity index (χ0v) is 18.5. The quantitative estimate of drug-likeness (QED) is 0.539. The number of carbonyl (C=O) groups is 1. The SMILES string of the molecule is CN=C(NCc1cccc(COC2CCOCC2)c1)N(C)CC(=O)NC(C)(C)C. The highest BCUT2D eigenvalue weighted by atomic mass is 16.5. The molecule has 2 rings (SSSR count). The standard InChI is InChI=1S/C22H36N4O3/c1-22(2,3)25-20(27)15-26(5)21(23-4)24-14-17-7-6-8-18(13-17)16-29-19-9-11-28-12-10-19/h6-8,13,19H,9-12,14-16H2,1-5H3,(H,23,24)(H,25,27). The van der Waals surface area contributed by atoms with Gasteiger partial charge >= 0.3 is 0 Å². The summed E-state index contributed by atoms with van der Waals surface area (Å²) in [7, 11) is 3.58. The van der Waals surface area contributed by atoms with Crippen LogP contribution in [0.15, 0.2) is 29.3 Å². The van der Waals surface area contributed by atoms with Crippen LogP contribution in [0.3, 0.4) is 0 Å². The lowest BCUT2D eigenvalue weighted by atomic mass is 10.1. The summed E-state index contributed by atoms with van der Waals surface area (Å²) in [6.45, 7) is 8.97. The van der Waals surface area contributed by atoms with E-state index in [-0.39, 0.29) is 24.1 Å². The van der Waals surface area contributed by atoms with Gasteiger partial charge in [-0.1, -0.05) is 24.3 Å². The molecule has 7 nitrogen and oxygen atoms in total. The van der Waals surface area contributed by atoms with Gasteiger partial charge in [-0.2, -0.15) is 0 Å². The fraction of sp³-hybridized carbons (Fsp3) is 0.636. The molecule has 0 radical (unpaired) electrons. The van der Waals surface area contributed by atoms with E-state index >= 15 is 0 Å². The second-order valence-electron chi connectivity index (χ2n) is 8.50. The number of aliphatic imine (C=N–C) groups is 1. The molecule has 1 saturated heterocycles. The van der Waals surface area contributed by atoms with Crippen molar-refractivity contribution in [3.63, 3.8) is 0 Å². The molecular weight excluding hydrogens is 368 g/mol. The Bertz CT molecular complexity index is 679. The average Bonchev–Trinajstić information content (AvgIpc) is 2.66. The topological polar surface area (TPSA) is 75.2 Å². The number of likely N-dealkylation sites (N-methyl/N-ethyl adjacent to an activating group) is 1. The number of carbonyl (C=O) groups excluding carboxylic acids is 1. The van der Waals surface area contributed by atoms with E-state index in [1.54, 1.807) is 7.05 Å². The number of rotatable bonds is 7. The Morgan fingerprint density at radius 1 is 1.28 bits per heavy atom. The number of guanidine groups is 1. The number of nitrogens with one attached hydrogen (secondary N) is 2. The molecule has 0 saturated carbocycles. The normalized spacial score (nSPS) is 15.8. The van der Waals surface area contributed by atoms with Gasteiger partial charge in [-0.15, -0.1) is 0 Å². The van der Waals surface area contributed by atoms with Crippen molar-refractivity contribution in [3.8, 4) is 0 Å². The summed E-state index contributed by atoms with van der Waals surface area (Å²) in [5, 5.41) is 6.29. The van der Waals surface area contributed by atoms with Gasteiger partial charge in [0, 0.05) is 39.4 Å². The fourth-order valence-electron chi connectivity index (χ4n) is 3.20. The maximum Gasteiger partial charge on any atom is 0.240 e. The van der Waals surface area contributed by atoms with Crippen molar-refractivity contribution >= 4 is 11.9 Å². The maximum absolute atomic E-state index is 12.2. The number of hydrogen-bond acceptors (Lipinski definition) is 4. The van der Waals surface area contributed by atoms with Crippen LogP contribution in [0.25, 0.3) is 0 Å². The van der Waals surface area contributed by atoms with Crippen molar-refractivity contribution in [1.82, 2.24) is 15.5 Å². The Morgan fingerprint density at radius 3 is 2.62 bits per heavy atom. The third-order valence-electron chi connectivity index (χ3n) is 4.56. The van der Waals surface area contributed by atoms with E-state index in [2.05, 4.69) is 33.8 Å². The zero-order chi connectivity index (χ0) is 21.3. The molecule has 0 spiro atoms. The molecule has 29 heavy (non-hydrogen) atoms. The summed E-state index contributed by atoms with van der Waals surface area (Å²) in [5.74, 6) is 0.646. The Morgan fingerprint density at radius 2 is 1.97 bits per heavy atom. The number of ether oxygens (including phenoxy) is 2. The lowest BCUT2D eigenvalue weighted by molar-refractivity contribution is -0.122. The molecule has 1 heterocycles. The van der Waals surface area contributed by atoms with Gasteiger partial charge in [0.2, 0.25) is 5.91 Å². The summed E-state index contributed by atoms with van der Waals surface area (Å²) in [5.41, 5.74) is 2.05. The Kier molecular flexibility index (Phi) is 8.92. The van der Waals surface area contributed by atoms with Crippen molar-refractivity contribution in [2.45, 2.75) is 58.4 Å². The van der Waals surface area contributed by atoms with Crippen LogP contribution in [0.5, 0.6) is 0 Å². The van der Waals surface area contributed by atoms with Crippen LogP contribution < -0.4 is 10.6 Å². The van der Waals surface area contributed by atoms with E-state index in [0.29, 0.717) is 19.1 Å². The highest BCUT2D eigenvalue weighted by molar-refractivity contribution is 5.86. The van der Waals surface area contributed by atoms with Gasteiger partial charge < -0.3 is 25.0 Å². The molecule has 1 aliphatic rings. The first-order chi connectivity index (χ1) is 13.8. The highest BCUT2D eigenvalue weighted by Crippen LogP contribution is 2.14. The Labute approximate surface area is 174 Å².